The van der Waals surface area contributed by atoms with Crippen LogP contribution >= 0.6 is 11.8 Å². The minimum atomic E-state index is -0.186. The van der Waals surface area contributed by atoms with Gasteiger partial charge < -0.3 is 10.5 Å². The van der Waals surface area contributed by atoms with Gasteiger partial charge in [-0.2, -0.15) is 0 Å². The second-order valence-electron chi connectivity index (χ2n) is 5.15. The van der Waals surface area contributed by atoms with Crippen LogP contribution < -0.4 is 5.73 Å². The lowest BCUT2D eigenvalue weighted by atomic mass is 10.0. The summed E-state index contributed by atoms with van der Waals surface area (Å²) in [5, 5.41) is 0. The number of hydrogen-bond donors (Lipinski definition) is 1. The van der Waals surface area contributed by atoms with Crippen molar-refractivity contribution in [2.24, 2.45) is 0 Å². The molecule has 0 saturated heterocycles. The van der Waals surface area contributed by atoms with Crippen molar-refractivity contribution < 1.29 is 9.53 Å². The van der Waals surface area contributed by atoms with E-state index >= 15 is 0 Å². The molecule has 2 N–H and O–H groups in total. The second-order valence-corrected chi connectivity index (χ2v) is 6.21. The predicted octanol–water partition coefficient (Wildman–Crippen LogP) is 3.24. The summed E-state index contributed by atoms with van der Waals surface area (Å²) < 4.78 is 5.43. The van der Waals surface area contributed by atoms with E-state index in [9.17, 15) is 4.79 Å². The number of esters is 1. The lowest BCUT2D eigenvalue weighted by Crippen LogP contribution is -2.14. The van der Waals surface area contributed by atoms with E-state index in [2.05, 4.69) is 12.1 Å². The van der Waals surface area contributed by atoms with Gasteiger partial charge in [0.05, 0.1) is 13.0 Å². The molecule has 0 bridgehead atoms. The summed E-state index contributed by atoms with van der Waals surface area (Å²) in [6.45, 7) is 0.456. The molecule has 0 spiro atoms. The Kier molecular flexibility index (Phi) is 4.15. The van der Waals surface area contributed by atoms with Crippen LogP contribution in [0.2, 0.25) is 0 Å². The zero-order valence-electron chi connectivity index (χ0n) is 11.6. The highest BCUT2D eigenvalue weighted by molar-refractivity contribution is 7.99. The molecule has 3 rings (SSSR count). The average molecular weight is 299 g/mol. The van der Waals surface area contributed by atoms with Gasteiger partial charge in [-0.3, -0.25) is 4.79 Å². The Hall–Kier alpha value is -1.94. The fourth-order valence-electron chi connectivity index (χ4n) is 2.41. The third-order valence-electron chi connectivity index (χ3n) is 3.57. The maximum atomic E-state index is 11.9. The van der Waals surface area contributed by atoms with Crippen LogP contribution in [0.4, 0.5) is 5.69 Å². The highest BCUT2D eigenvalue weighted by Gasteiger charge is 2.23. The van der Waals surface area contributed by atoms with Gasteiger partial charge in [0.25, 0.3) is 0 Å². The predicted molar refractivity (Wildman–Crippen MR) is 85.4 cm³/mol. The van der Waals surface area contributed by atoms with Crippen molar-refractivity contribution in [1.82, 2.24) is 0 Å². The lowest BCUT2D eigenvalue weighted by molar-refractivity contribution is -0.143. The quantitative estimate of drug-likeness (QED) is 0.695. The highest BCUT2D eigenvalue weighted by Crippen LogP contribution is 2.39. The Labute approximate surface area is 128 Å². The average Bonchev–Trinajstić information content (AvgIpc) is 2.91. The van der Waals surface area contributed by atoms with Gasteiger partial charge in [-0.15, -0.1) is 11.8 Å². The smallest absolute Gasteiger partial charge is 0.310 e. The summed E-state index contributed by atoms with van der Waals surface area (Å²) in [5.74, 6) is 1.10. The molecule has 108 valence electrons. The van der Waals surface area contributed by atoms with Gasteiger partial charge in [0, 0.05) is 22.3 Å². The van der Waals surface area contributed by atoms with E-state index in [0.717, 1.165) is 11.3 Å². The maximum absolute atomic E-state index is 11.9. The number of nitrogen functional groups attached to an aromatic ring is 1. The Balaban J connectivity index is 1.54. The minimum absolute atomic E-state index is 0.186. The molecule has 0 radical (unpaired) electrons. The van der Waals surface area contributed by atoms with Crippen LogP contribution in [0.15, 0.2) is 53.4 Å². The van der Waals surface area contributed by atoms with E-state index < -0.39 is 0 Å². The van der Waals surface area contributed by atoms with Gasteiger partial charge in [0.15, 0.2) is 0 Å². The minimum Gasteiger partial charge on any atom is -0.465 e. The van der Waals surface area contributed by atoms with Crippen molar-refractivity contribution in [2.45, 2.75) is 17.2 Å². The van der Waals surface area contributed by atoms with Crippen LogP contribution in [0.1, 0.15) is 17.0 Å². The Morgan fingerprint density at radius 1 is 1.19 bits per heavy atom. The number of carbonyl (C=O) groups is 1. The van der Waals surface area contributed by atoms with Crippen LogP contribution in [-0.4, -0.2) is 18.3 Å². The fourth-order valence-corrected chi connectivity index (χ4v) is 3.65. The molecule has 1 aliphatic rings. The number of fused-ring (bicyclic) bond motifs is 1. The fraction of sp³-hybridized carbons (Fsp3) is 0.235. The van der Waals surface area contributed by atoms with Crippen LogP contribution in [0.3, 0.4) is 0 Å². The first-order valence-corrected chi connectivity index (χ1v) is 7.92. The first kappa shape index (κ1) is 14.0. The van der Waals surface area contributed by atoms with E-state index in [1.807, 2.05) is 36.0 Å². The van der Waals surface area contributed by atoms with Crippen molar-refractivity contribution in [2.75, 3.05) is 18.1 Å². The summed E-state index contributed by atoms with van der Waals surface area (Å²) in [6, 6.07) is 15.6. The van der Waals surface area contributed by atoms with Crippen molar-refractivity contribution >= 4 is 23.4 Å². The zero-order chi connectivity index (χ0) is 14.7. The van der Waals surface area contributed by atoms with Gasteiger partial charge in [-0.05, 0) is 29.3 Å². The second kappa shape index (κ2) is 6.22. The van der Waals surface area contributed by atoms with Gasteiger partial charge in [0.2, 0.25) is 0 Å². The van der Waals surface area contributed by atoms with Crippen molar-refractivity contribution in [3.63, 3.8) is 0 Å². The number of hydrogen-bond acceptors (Lipinski definition) is 4. The lowest BCUT2D eigenvalue weighted by Gasteiger charge is -2.11. The number of anilines is 1. The molecule has 1 aliphatic heterocycles. The number of rotatable bonds is 4. The molecule has 1 heterocycles. The molecule has 1 unspecified atom stereocenters. The van der Waals surface area contributed by atoms with Gasteiger partial charge in [0.1, 0.15) is 0 Å². The van der Waals surface area contributed by atoms with E-state index in [1.165, 1.54) is 10.5 Å². The Morgan fingerprint density at radius 3 is 2.76 bits per heavy atom. The largest absolute Gasteiger partial charge is 0.465 e. The monoisotopic (exact) mass is 299 g/mol. The van der Waals surface area contributed by atoms with E-state index in [1.54, 1.807) is 12.1 Å². The SMILES string of the molecule is Nc1ccc(CC(=O)OCC2CSc3ccccc32)cc1. The number of ether oxygens (including phenoxy) is 1. The molecule has 0 saturated carbocycles. The normalized spacial score (nSPS) is 16.5. The summed E-state index contributed by atoms with van der Waals surface area (Å²) in [7, 11) is 0. The maximum Gasteiger partial charge on any atom is 0.310 e. The topological polar surface area (TPSA) is 52.3 Å². The summed E-state index contributed by atoms with van der Waals surface area (Å²) in [4.78, 5) is 13.2. The molecule has 0 amide bonds. The summed E-state index contributed by atoms with van der Waals surface area (Å²) in [5.41, 5.74) is 8.55. The van der Waals surface area contributed by atoms with Gasteiger partial charge in [-0.1, -0.05) is 30.3 Å². The first-order valence-electron chi connectivity index (χ1n) is 6.94. The van der Waals surface area contributed by atoms with Crippen LogP contribution in [0, 0.1) is 0 Å². The standard InChI is InChI=1S/C17H17NO2S/c18-14-7-5-12(6-8-14)9-17(19)20-10-13-11-21-16-4-2-1-3-15(13)16/h1-8,13H,9-11,18H2. The van der Waals surface area contributed by atoms with Gasteiger partial charge >= 0.3 is 5.97 Å². The molecule has 2 aromatic rings. The molecule has 4 heteroatoms. The molecular formula is C17H17NO2S. The molecule has 3 nitrogen and oxygen atoms in total. The van der Waals surface area contributed by atoms with E-state index in [4.69, 9.17) is 10.5 Å². The number of nitrogens with two attached hydrogens (primary N) is 1. The molecular weight excluding hydrogens is 282 g/mol. The van der Waals surface area contributed by atoms with E-state index in [-0.39, 0.29) is 5.97 Å². The first-order chi connectivity index (χ1) is 10.2. The van der Waals surface area contributed by atoms with Gasteiger partial charge in [-0.25, -0.2) is 0 Å². The summed E-state index contributed by atoms with van der Waals surface area (Å²) >= 11 is 1.83. The van der Waals surface area contributed by atoms with Crippen LogP contribution in [0.5, 0.6) is 0 Å². The molecule has 1 atom stereocenters. The third-order valence-corrected chi connectivity index (χ3v) is 4.82. The molecule has 2 aromatic carbocycles. The number of benzene rings is 2. The molecule has 0 aromatic heterocycles. The highest BCUT2D eigenvalue weighted by atomic mass is 32.2. The van der Waals surface area contributed by atoms with Crippen LogP contribution in [0.25, 0.3) is 0 Å². The van der Waals surface area contributed by atoms with Crippen LogP contribution in [-0.2, 0) is 16.0 Å². The molecule has 0 fully saturated rings. The Morgan fingerprint density at radius 2 is 1.95 bits per heavy atom. The Bertz CT molecular complexity index is 639. The van der Waals surface area contributed by atoms with Crippen molar-refractivity contribution in [3.05, 3.63) is 59.7 Å². The third kappa shape index (κ3) is 3.39. The number of thioether (sulfide) groups is 1. The summed E-state index contributed by atoms with van der Waals surface area (Å²) in [6.07, 6.45) is 0.293. The van der Waals surface area contributed by atoms with Crippen molar-refractivity contribution in [1.29, 1.82) is 0 Å². The molecule has 21 heavy (non-hydrogen) atoms. The van der Waals surface area contributed by atoms with Crippen molar-refractivity contribution in [3.8, 4) is 0 Å². The molecule has 0 aliphatic carbocycles. The zero-order valence-corrected chi connectivity index (χ0v) is 12.4. The number of carbonyl (C=O) groups excluding carboxylic acids is 1. The van der Waals surface area contributed by atoms with E-state index in [0.29, 0.717) is 24.6 Å².